The van der Waals surface area contributed by atoms with Crippen LogP contribution in [0, 0.1) is 0 Å². The van der Waals surface area contributed by atoms with E-state index in [1.54, 1.807) is 7.05 Å². The van der Waals surface area contributed by atoms with Crippen LogP contribution < -0.4 is 5.73 Å². The molecule has 15 heavy (non-hydrogen) atoms. The third-order valence-electron chi connectivity index (χ3n) is 2.87. The number of carbonyl (C=O) groups excluding carboxylic acids is 1. The third-order valence-corrected chi connectivity index (χ3v) is 2.87. The Morgan fingerprint density at radius 1 is 1.53 bits per heavy atom. The molecule has 2 rings (SSSR count). The molecule has 0 saturated heterocycles. The van der Waals surface area contributed by atoms with Gasteiger partial charge in [-0.05, 0) is 18.1 Å². The van der Waals surface area contributed by atoms with Crippen LogP contribution in [0.5, 0.6) is 0 Å². The highest BCUT2D eigenvalue weighted by atomic mass is 16.1. The fourth-order valence-corrected chi connectivity index (χ4v) is 2.05. The number of ketones is 1. The van der Waals surface area contributed by atoms with E-state index in [-0.39, 0.29) is 17.1 Å². The summed E-state index contributed by atoms with van der Waals surface area (Å²) in [5, 5.41) is 11.2. The second kappa shape index (κ2) is 3.69. The fraction of sp³-hybridized carbons (Fsp3) is 0.778. The van der Waals surface area contributed by atoms with Gasteiger partial charge in [0.25, 0.3) is 0 Å². The molecule has 6 heteroatoms. The summed E-state index contributed by atoms with van der Waals surface area (Å²) in [5.74, 6) is 0.0710. The zero-order valence-electron chi connectivity index (χ0n) is 8.81. The average molecular weight is 209 g/mol. The van der Waals surface area contributed by atoms with E-state index < -0.39 is 0 Å². The zero-order chi connectivity index (χ0) is 10.9. The van der Waals surface area contributed by atoms with Crippen molar-refractivity contribution >= 4 is 5.78 Å². The van der Waals surface area contributed by atoms with Crippen molar-refractivity contribution in [3.8, 4) is 0 Å². The van der Waals surface area contributed by atoms with E-state index in [0.29, 0.717) is 6.42 Å². The summed E-state index contributed by atoms with van der Waals surface area (Å²) in [6.07, 6.45) is 4.38. The van der Waals surface area contributed by atoms with Gasteiger partial charge in [0.05, 0.1) is 7.05 Å². The molecular weight excluding hydrogens is 194 g/mol. The maximum Gasteiger partial charge on any atom is 0.240 e. The van der Waals surface area contributed by atoms with Gasteiger partial charge in [-0.1, -0.05) is 12.8 Å². The molecule has 0 aliphatic heterocycles. The van der Waals surface area contributed by atoms with E-state index in [9.17, 15) is 4.79 Å². The van der Waals surface area contributed by atoms with Crippen molar-refractivity contribution in [1.82, 2.24) is 20.2 Å². The van der Waals surface area contributed by atoms with Crippen molar-refractivity contribution in [2.24, 2.45) is 12.8 Å². The fourth-order valence-electron chi connectivity index (χ4n) is 2.05. The number of nitrogens with two attached hydrogens (primary N) is 1. The smallest absolute Gasteiger partial charge is 0.240 e. The van der Waals surface area contributed by atoms with Crippen molar-refractivity contribution in [3.63, 3.8) is 0 Å². The van der Waals surface area contributed by atoms with Crippen LogP contribution in [0.2, 0.25) is 0 Å². The van der Waals surface area contributed by atoms with E-state index in [2.05, 4.69) is 15.4 Å². The lowest BCUT2D eigenvalue weighted by Gasteiger charge is -2.21. The predicted molar refractivity (Wildman–Crippen MR) is 53.1 cm³/mol. The summed E-state index contributed by atoms with van der Waals surface area (Å²) in [5.41, 5.74) is 5.76. The largest absolute Gasteiger partial charge is 0.325 e. The molecule has 2 N–H and O–H groups in total. The minimum absolute atomic E-state index is 0.104. The Labute approximate surface area is 87.8 Å². The highest BCUT2D eigenvalue weighted by Gasteiger charge is 2.33. The van der Waals surface area contributed by atoms with E-state index in [0.717, 1.165) is 25.7 Å². The van der Waals surface area contributed by atoms with Crippen LogP contribution >= 0.6 is 0 Å². The molecule has 6 nitrogen and oxygen atoms in total. The maximum atomic E-state index is 11.8. The summed E-state index contributed by atoms with van der Waals surface area (Å²) in [6, 6.07) is 0. The summed E-state index contributed by atoms with van der Waals surface area (Å²) in [4.78, 5) is 13.0. The maximum absolute atomic E-state index is 11.8. The Bertz CT molecular complexity index is 366. The summed E-state index contributed by atoms with van der Waals surface area (Å²) < 4.78 is 0. The number of Topliss-reactive ketones (excluding diaryl/α,β-unsaturated/α-hetero) is 1. The zero-order valence-corrected chi connectivity index (χ0v) is 8.81. The molecule has 1 aromatic rings. The van der Waals surface area contributed by atoms with Crippen LogP contribution in [-0.4, -0.2) is 31.5 Å². The number of carbonyl (C=O) groups is 1. The first-order valence-electron chi connectivity index (χ1n) is 5.15. The van der Waals surface area contributed by atoms with Gasteiger partial charge in [-0.2, -0.15) is 4.80 Å². The monoisotopic (exact) mass is 209 g/mol. The van der Waals surface area contributed by atoms with E-state index in [4.69, 9.17) is 5.73 Å². The molecule has 0 radical (unpaired) electrons. The van der Waals surface area contributed by atoms with Gasteiger partial charge in [-0.25, -0.2) is 0 Å². The Morgan fingerprint density at radius 3 is 2.73 bits per heavy atom. The number of nitrogens with zero attached hydrogens (tertiary/aromatic N) is 4. The van der Waals surface area contributed by atoms with Gasteiger partial charge in [0.15, 0.2) is 0 Å². The number of aromatic nitrogens is 4. The van der Waals surface area contributed by atoms with Crippen molar-refractivity contribution in [1.29, 1.82) is 0 Å². The molecular formula is C9H15N5O. The first-order valence-corrected chi connectivity index (χ1v) is 5.15. The number of rotatable bonds is 3. The first kappa shape index (κ1) is 10.2. The SMILES string of the molecule is Cn1nnc(C(=O)CC2(N)CCCC2)n1. The van der Waals surface area contributed by atoms with Gasteiger partial charge >= 0.3 is 0 Å². The molecule has 1 aliphatic rings. The Hall–Kier alpha value is -1.30. The van der Waals surface area contributed by atoms with Crippen molar-refractivity contribution < 1.29 is 4.79 Å². The first-order chi connectivity index (χ1) is 7.09. The topological polar surface area (TPSA) is 86.7 Å². The molecule has 0 bridgehead atoms. The quantitative estimate of drug-likeness (QED) is 0.711. The number of hydrogen-bond acceptors (Lipinski definition) is 5. The highest BCUT2D eigenvalue weighted by molar-refractivity contribution is 5.93. The van der Waals surface area contributed by atoms with Crippen LogP contribution in [0.25, 0.3) is 0 Å². The Balaban J connectivity index is 2.03. The van der Waals surface area contributed by atoms with Gasteiger partial charge in [0.1, 0.15) is 0 Å². The molecule has 1 heterocycles. The van der Waals surface area contributed by atoms with Crippen molar-refractivity contribution in [2.75, 3.05) is 0 Å². The van der Waals surface area contributed by atoms with Gasteiger partial charge in [0, 0.05) is 12.0 Å². The second-order valence-electron chi connectivity index (χ2n) is 4.27. The van der Waals surface area contributed by atoms with Crippen LogP contribution in [0.4, 0.5) is 0 Å². The predicted octanol–water partition coefficient (Wildman–Crippen LogP) is 0.0544. The van der Waals surface area contributed by atoms with Gasteiger partial charge in [0.2, 0.25) is 11.6 Å². The van der Waals surface area contributed by atoms with Gasteiger partial charge < -0.3 is 5.73 Å². The lowest BCUT2D eigenvalue weighted by Crippen LogP contribution is -2.38. The summed E-state index contributed by atoms with van der Waals surface area (Å²) in [7, 11) is 1.64. The van der Waals surface area contributed by atoms with Gasteiger partial charge in [-0.3, -0.25) is 4.79 Å². The lowest BCUT2D eigenvalue weighted by atomic mass is 9.92. The van der Waals surface area contributed by atoms with E-state index >= 15 is 0 Å². The van der Waals surface area contributed by atoms with Crippen LogP contribution in [0.1, 0.15) is 42.7 Å². The molecule has 1 saturated carbocycles. The molecule has 0 spiro atoms. The molecule has 1 fully saturated rings. The summed E-state index contributed by atoms with van der Waals surface area (Å²) in [6.45, 7) is 0. The highest BCUT2D eigenvalue weighted by Crippen LogP contribution is 2.30. The second-order valence-corrected chi connectivity index (χ2v) is 4.27. The van der Waals surface area contributed by atoms with Crippen LogP contribution in [-0.2, 0) is 7.05 Å². The molecule has 1 aliphatic carbocycles. The third kappa shape index (κ3) is 2.20. The number of aryl methyl sites for hydroxylation is 1. The minimum Gasteiger partial charge on any atom is -0.325 e. The number of tetrazole rings is 1. The standard InChI is InChI=1S/C9H15N5O/c1-14-12-8(11-13-14)7(15)6-9(10)4-2-3-5-9/h2-6,10H2,1H3. The van der Waals surface area contributed by atoms with Crippen molar-refractivity contribution in [3.05, 3.63) is 5.82 Å². The average Bonchev–Trinajstić information content (AvgIpc) is 2.75. The Kier molecular flexibility index (Phi) is 2.52. The minimum atomic E-state index is -0.337. The van der Waals surface area contributed by atoms with E-state index in [1.165, 1.54) is 4.80 Å². The van der Waals surface area contributed by atoms with Crippen LogP contribution in [0.15, 0.2) is 0 Å². The normalized spacial score (nSPS) is 19.3. The van der Waals surface area contributed by atoms with E-state index in [1.807, 2.05) is 0 Å². The lowest BCUT2D eigenvalue weighted by molar-refractivity contribution is 0.0941. The molecule has 0 amide bonds. The Morgan fingerprint density at radius 2 is 2.20 bits per heavy atom. The van der Waals surface area contributed by atoms with Gasteiger partial charge in [-0.15, -0.1) is 10.2 Å². The molecule has 0 atom stereocenters. The molecule has 1 aromatic heterocycles. The molecule has 82 valence electrons. The molecule has 0 aromatic carbocycles. The summed E-state index contributed by atoms with van der Waals surface area (Å²) >= 11 is 0. The van der Waals surface area contributed by atoms with Crippen LogP contribution in [0.3, 0.4) is 0 Å². The number of hydrogen-bond donors (Lipinski definition) is 1. The molecule has 0 unspecified atom stereocenters. The van der Waals surface area contributed by atoms with Crippen molar-refractivity contribution in [2.45, 2.75) is 37.6 Å².